The van der Waals surface area contributed by atoms with Crippen molar-refractivity contribution in [2.24, 2.45) is 7.05 Å². The van der Waals surface area contributed by atoms with Crippen molar-refractivity contribution in [3.63, 3.8) is 0 Å². The Balaban J connectivity index is 1.28. The third-order valence-corrected chi connectivity index (χ3v) is 6.24. The third-order valence-electron chi connectivity index (χ3n) is 6.24. The standard InChI is InChI=1S/C24H24N10/c1-32-9-11-34(12-10-32)23-18-5-4-17(14-21(18)26-15-27-23)28-24-25-8-7-19(29-24)16-3-6-20-22(13-16)33(2)31-30-20/h3-8,13-15H,9-12H2,1-2H3,(H,25,28,29). The number of hydrogen-bond donors (Lipinski definition) is 1. The lowest BCUT2D eigenvalue weighted by Gasteiger charge is -2.33. The maximum Gasteiger partial charge on any atom is 0.227 e. The van der Waals surface area contributed by atoms with Crippen LogP contribution in [0.4, 0.5) is 17.5 Å². The first-order valence-corrected chi connectivity index (χ1v) is 11.2. The molecule has 0 bridgehead atoms. The molecule has 1 aliphatic rings. The number of piperazine rings is 1. The summed E-state index contributed by atoms with van der Waals surface area (Å²) in [7, 11) is 4.03. The summed E-state index contributed by atoms with van der Waals surface area (Å²) in [6.45, 7) is 3.99. The quantitative estimate of drug-likeness (QED) is 0.441. The molecule has 5 aromatic rings. The van der Waals surface area contributed by atoms with Crippen molar-refractivity contribution in [1.29, 1.82) is 0 Å². The molecule has 1 saturated heterocycles. The molecule has 170 valence electrons. The van der Waals surface area contributed by atoms with Gasteiger partial charge in [-0.1, -0.05) is 11.3 Å². The summed E-state index contributed by atoms with van der Waals surface area (Å²) in [5.41, 5.74) is 5.37. The minimum atomic E-state index is 0.522. The van der Waals surface area contributed by atoms with Crippen LogP contribution in [0, 0.1) is 0 Å². The van der Waals surface area contributed by atoms with Gasteiger partial charge in [0.05, 0.1) is 16.7 Å². The van der Waals surface area contributed by atoms with Crippen LogP contribution in [0.5, 0.6) is 0 Å². The summed E-state index contributed by atoms with van der Waals surface area (Å²) in [5, 5.41) is 12.6. The Hall–Kier alpha value is -4.18. The fourth-order valence-corrected chi connectivity index (χ4v) is 4.29. The van der Waals surface area contributed by atoms with Gasteiger partial charge in [-0.05, 0) is 43.4 Å². The molecular weight excluding hydrogens is 428 g/mol. The average molecular weight is 453 g/mol. The lowest BCUT2D eigenvalue weighted by Crippen LogP contribution is -2.44. The minimum Gasteiger partial charge on any atom is -0.353 e. The van der Waals surface area contributed by atoms with Gasteiger partial charge < -0.3 is 15.1 Å². The molecule has 0 radical (unpaired) electrons. The molecule has 10 nitrogen and oxygen atoms in total. The Bertz CT molecular complexity index is 1490. The zero-order chi connectivity index (χ0) is 23.1. The molecule has 34 heavy (non-hydrogen) atoms. The van der Waals surface area contributed by atoms with E-state index in [-0.39, 0.29) is 0 Å². The number of aryl methyl sites for hydroxylation is 1. The van der Waals surface area contributed by atoms with Crippen LogP contribution in [0.15, 0.2) is 55.0 Å². The second kappa shape index (κ2) is 8.31. The molecule has 0 atom stereocenters. The average Bonchev–Trinajstić information content (AvgIpc) is 3.24. The molecule has 0 spiro atoms. The molecule has 1 aliphatic heterocycles. The predicted octanol–water partition coefficient (Wildman–Crippen LogP) is 2.86. The van der Waals surface area contributed by atoms with Gasteiger partial charge in [0, 0.05) is 56.1 Å². The van der Waals surface area contributed by atoms with Gasteiger partial charge >= 0.3 is 0 Å². The van der Waals surface area contributed by atoms with Crippen LogP contribution < -0.4 is 10.2 Å². The number of nitrogens with one attached hydrogen (secondary N) is 1. The van der Waals surface area contributed by atoms with Crippen molar-refractivity contribution in [3.05, 3.63) is 55.0 Å². The molecule has 1 N–H and O–H groups in total. The van der Waals surface area contributed by atoms with Crippen molar-refractivity contribution in [3.8, 4) is 11.3 Å². The Morgan fingerprint density at radius 3 is 2.62 bits per heavy atom. The van der Waals surface area contributed by atoms with Crippen LogP contribution in [0.1, 0.15) is 0 Å². The first-order valence-electron chi connectivity index (χ1n) is 11.2. The van der Waals surface area contributed by atoms with E-state index in [9.17, 15) is 0 Å². The van der Waals surface area contributed by atoms with Gasteiger partial charge in [0.25, 0.3) is 0 Å². The van der Waals surface area contributed by atoms with Crippen LogP contribution in [0.3, 0.4) is 0 Å². The number of likely N-dealkylation sites (N-methyl/N-ethyl adjacent to an activating group) is 1. The van der Waals surface area contributed by atoms with E-state index in [2.05, 4.69) is 53.5 Å². The summed E-state index contributed by atoms with van der Waals surface area (Å²) < 4.78 is 1.76. The molecule has 0 saturated carbocycles. The van der Waals surface area contributed by atoms with Crippen molar-refractivity contribution in [2.45, 2.75) is 0 Å². The van der Waals surface area contributed by atoms with E-state index in [4.69, 9.17) is 4.98 Å². The van der Waals surface area contributed by atoms with Crippen LogP contribution in [0.2, 0.25) is 0 Å². The Morgan fingerprint density at radius 2 is 1.74 bits per heavy atom. The highest BCUT2D eigenvalue weighted by molar-refractivity contribution is 5.92. The predicted molar refractivity (Wildman–Crippen MR) is 132 cm³/mol. The van der Waals surface area contributed by atoms with Crippen LogP contribution in [-0.2, 0) is 7.05 Å². The molecule has 6 rings (SSSR count). The van der Waals surface area contributed by atoms with Gasteiger partial charge in [-0.2, -0.15) is 0 Å². The summed E-state index contributed by atoms with van der Waals surface area (Å²) in [6, 6.07) is 14.0. The van der Waals surface area contributed by atoms with Gasteiger partial charge in [0.2, 0.25) is 5.95 Å². The Morgan fingerprint density at radius 1 is 0.853 bits per heavy atom. The molecular formula is C24H24N10. The van der Waals surface area contributed by atoms with Gasteiger partial charge in [0.1, 0.15) is 17.7 Å². The van der Waals surface area contributed by atoms with Crippen molar-refractivity contribution >= 4 is 39.4 Å². The lowest BCUT2D eigenvalue weighted by molar-refractivity contribution is 0.312. The van der Waals surface area contributed by atoms with E-state index in [0.717, 1.165) is 70.9 Å². The zero-order valence-electron chi connectivity index (χ0n) is 19.0. The maximum absolute atomic E-state index is 4.72. The summed E-state index contributed by atoms with van der Waals surface area (Å²) in [6.07, 6.45) is 3.39. The molecule has 2 aromatic carbocycles. The smallest absolute Gasteiger partial charge is 0.227 e. The van der Waals surface area contributed by atoms with E-state index < -0.39 is 0 Å². The second-order valence-electron chi connectivity index (χ2n) is 8.53. The third kappa shape index (κ3) is 3.77. The van der Waals surface area contributed by atoms with Crippen LogP contribution in [0.25, 0.3) is 33.2 Å². The van der Waals surface area contributed by atoms with Gasteiger partial charge in [-0.3, -0.25) is 0 Å². The fraction of sp³-hybridized carbons (Fsp3) is 0.250. The van der Waals surface area contributed by atoms with Crippen molar-refractivity contribution < 1.29 is 0 Å². The SMILES string of the molecule is CN1CCN(c2ncnc3cc(Nc4nccc(-c5ccc6nnn(C)c6c5)n4)ccc23)CC1. The monoisotopic (exact) mass is 452 g/mol. The topological polar surface area (TPSA) is 101 Å². The number of aromatic nitrogens is 7. The van der Waals surface area contributed by atoms with E-state index in [1.165, 1.54) is 0 Å². The lowest BCUT2D eigenvalue weighted by atomic mass is 10.1. The number of nitrogens with zero attached hydrogens (tertiary/aromatic N) is 9. The number of fused-ring (bicyclic) bond motifs is 2. The van der Waals surface area contributed by atoms with Gasteiger partial charge in [0.15, 0.2) is 0 Å². The van der Waals surface area contributed by atoms with Gasteiger partial charge in [-0.15, -0.1) is 5.10 Å². The van der Waals surface area contributed by atoms with E-state index in [1.807, 2.05) is 43.4 Å². The number of rotatable bonds is 4. The number of anilines is 3. The van der Waals surface area contributed by atoms with E-state index in [1.54, 1.807) is 17.2 Å². The zero-order valence-corrected chi connectivity index (χ0v) is 19.0. The Kier molecular flexibility index (Phi) is 4.99. The first-order chi connectivity index (χ1) is 16.6. The fourth-order valence-electron chi connectivity index (χ4n) is 4.29. The Labute approximate surface area is 196 Å². The first kappa shape index (κ1) is 20.4. The minimum absolute atomic E-state index is 0.522. The maximum atomic E-state index is 4.72. The molecule has 4 heterocycles. The normalized spacial score (nSPS) is 14.7. The second-order valence-corrected chi connectivity index (χ2v) is 8.53. The van der Waals surface area contributed by atoms with Crippen molar-refractivity contribution in [1.82, 2.24) is 39.8 Å². The van der Waals surface area contributed by atoms with E-state index in [0.29, 0.717) is 5.95 Å². The van der Waals surface area contributed by atoms with E-state index >= 15 is 0 Å². The number of benzene rings is 2. The highest BCUT2D eigenvalue weighted by Crippen LogP contribution is 2.28. The largest absolute Gasteiger partial charge is 0.353 e. The van der Waals surface area contributed by atoms with Crippen molar-refractivity contribution in [2.75, 3.05) is 43.4 Å². The molecule has 1 fully saturated rings. The van der Waals surface area contributed by atoms with Gasteiger partial charge in [-0.25, -0.2) is 24.6 Å². The molecule has 10 heteroatoms. The molecule has 0 aliphatic carbocycles. The molecule has 0 amide bonds. The number of hydrogen-bond acceptors (Lipinski definition) is 9. The highest BCUT2D eigenvalue weighted by atomic mass is 15.4. The summed E-state index contributed by atoms with van der Waals surface area (Å²) in [5.74, 6) is 1.51. The molecule has 0 unspecified atom stereocenters. The van der Waals surface area contributed by atoms with Crippen LogP contribution >= 0.6 is 0 Å². The van der Waals surface area contributed by atoms with Crippen LogP contribution in [-0.4, -0.2) is 73.1 Å². The highest BCUT2D eigenvalue weighted by Gasteiger charge is 2.18. The summed E-state index contributed by atoms with van der Waals surface area (Å²) in [4.78, 5) is 22.9. The molecule has 3 aromatic heterocycles. The summed E-state index contributed by atoms with van der Waals surface area (Å²) >= 11 is 0.